The highest BCUT2D eigenvalue weighted by atomic mass is 16.2. The summed E-state index contributed by atoms with van der Waals surface area (Å²) in [5, 5.41) is 0. The fraction of sp³-hybridized carbons (Fsp3) is 0.727. The van der Waals surface area contributed by atoms with Gasteiger partial charge < -0.3 is 4.90 Å². The Morgan fingerprint density at radius 1 is 1.14 bits per heavy atom. The van der Waals surface area contributed by atoms with Gasteiger partial charge in [0.1, 0.15) is 5.82 Å². The van der Waals surface area contributed by atoms with Gasteiger partial charge >= 0.3 is 0 Å². The van der Waals surface area contributed by atoms with Crippen LogP contribution in [-0.4, -0.2) is 39.8 Å². The first-order valence-electron chi connectivity index (χ1n) is 10.9. The molecule has 1 aromatic rings. The molecule has 6 nitrogen and oxygen atoms in total. The van der Waals surface area contributed by atoms with Gasteiger partial charge in [-0.2, -0.15) is 0 Å². The highest BCUT2D eigenvalue weighted by Gasteiger charge is 2.35. The van der Waals surface area contributed by atoms with Crippen molar-refractivity contribution in [3.05, 3.63) is 17.1 Å². The maximum Gasteiger partial charge on any atom is 0.228 e. The molecular weight excluding hydrogens is 352 g/mol. The molecule has 3 aliphatic rings. The molecule has 1 saturated carbocycles. The van der Waals surface area contributed by atoms with Crippen LogP contribution in [0.2, 0.25) is 0 Å². The van der Waals surface area contributed by atoms with E-state index in [0.717, 1.165) is 61.7 Å². The van der Waals surface area contributed by atoms with E-state index in [0.29, 0.717) is 24.7 Å². The zero-order valence-electron chi connectivity index (χ0n) is 17.4. The molecule has 2 aliphatic heterocycles. The predicted molar refractivity (Wildman–Crippen MR) is 108 cm³/mol. The fourth-order valence-electron chi connectivity index (χ4n) is 4.46. The van der Waals surface area contributed by atoms with Gasteiger partial charge in [-0.25, -0.2) is 9.97 Å². The Morgan fingerprint density at radius 2 is 1.93 bits per heavy atom. The Bertz CT molecular complexity index is 772. The third-order valence-electron chi connectivity index (χ3n) is 6.20. The molecule has 1 aliphatic carbocycles. The number of hydrogen-bond acceptors (Lipinski definition) is 4. The Labute approximate surface area is 167 Å². The first-order valence-corrected chi connectivity index (χ1v) is 10.9. The quantitative estimate of drug-likeness (QED) is 0.778. The van der Waals surface area contributed by atoms with E-state index in [-0.39, 0.29) is 17.9 Å². The molecule has 1 atom stereocenters. The summed E-state index contributed by atoms with van der Waals surface area (Å²) >= 11 is 0. The molecule has 0 N–H and O–H groups in total. The SMILES string of the molecule is Cc1nc([C@H]2CCCCN2C(=O)CC(C)C)nc2c1CCC(=O)N2CC1CC1. The van der Waals surface area contributed by atoms with Crippen molar-refractivity contribution in [1.82, 2.24) is 14.9 Å². The van der Waals surface area contributed by atoms with Crippen LogP contribution in [0, 0.1) is 18.8 Å². The van der Waals surface area contributed by atoms with Crippen LogP contribution < -0.4 is 4.90 Å². The number of hydrogen-bond donors (Lipinski definition) is 0. The molecule has 28 heavy (non-hydrogen) atoms. The smallest absolute Gasteiger partial charge is 0.228 e. The Balaban J connectivity index is 1.67. The van der Waals surface area contributed by atoms with Crippen molar-refractivity contribution in [2.45, 2.75) is 78.2 Å². The average Bonchev–Trinajstić information content (AvgIpc) is 3.47. The summed E-state index contributed by atoms with van der Waals surface area (Å²) < 4.78 is 0. The van der Waals surface area contributed by atoms with Crippen molar-refractivity contribution in [3.63, 3.8) is 0 Å². The number of fused-ring (bicyclic) bond motifs is 1. The lowest BCUT2D eigenvalue weighted by Crippen LogP contribution is -2.41. The third kappa shape index (κ3) is 3.91. The van der Waals surface area contributed by atoms with Gasteiger partial charge in [-0.15, -0.1) is 0 Å². The van der Waals surface area contributed by atoms with E-state index in [1.165, 1.54) is 12.8 Å². The lowest BCUT2D eigenvalue weighted by Gasteiger charge is -2.36. The van der Waals surface area contributed by atoms with Crippen molar-refractivity contribution >= 4 is 17.6 Å². The van der Waals surface area contributed by atoms with Gasteiger partial charge in [-0.3, -0.25) is 14.5 Å². The van der Waals surface area contributed by atoms with Crippen molar-refractivity contribution < 1.29 is 9.59 Å². The first-order chi connectivity index (χ1) is 13.4. The number of anilines is 1. The number of aromatic nitrogens is 2. The molecule has 2 amide bonds. The van der Waals surface area contributed by atoms with E-state index < -0.39 is 0 Å². The van der Waals surface area contributed by atoms with Gasteiger partial charge in [-0.05, 0) is 57.3 Å². The number of nitrogens with zero attached hydrogens (tertiary/aromatic N) is 4. The number of carbonyl (C=O) groups is 2. The summed E-state index contributed by atoms with van der Waals surface area (Å²) in [6, 6.07) is -0.0659. The zero-order chi connectivity index (χ0) is 19.8. The average molecular weight is 385 g/mol. The van der Waals surface area contributed by atoms with Gasteiger partial charge in [0.2, 0.25) is 11.8 Å². The molecule has 4 rings (SSSR count). The van der Waals surface area contributed by atoms with Crippen LogP contribution in [0.4, 0.5) is 5.82 Å². The number of amides is 2. The molecule has 2 fully saturated rings. The summed E-state index contributed by atoms with van der Waals surface area (Å²) in [7, 11) is 0. The van der Waals surface area contributed by atoms with Crippen LogP contribution in [0.5, 0.6) is 0 Å². The lowest BCUT2D eigenvalue weighted by atomic mass is 9.98. The van der Waals surface area contributed by atoms with E-state index in [9.17, 15) is 9.59 Å². The van der Waals surface area contributed by atoms with Crippen LogP contribution >= 0.6 is 0 Å². The Hall–Kier alpha value is -1.98. The zero-order valence-corrected chi connectivity index (χ0v) is 17.4. The molecule has 0 unspecified atom stereocenters. The monoisotopic (exact) mass is 384 g/mol. The third-order valence-corrected chi connectivity index (χ3v) is 6.20. The highest BCUT2D eigenvalue weighted by Crippen LogP contribution is 2.37. The van der Waals surface area contributed by atoms with Crippen molar-refractivity contribution in [1.29, 1.82) is 0 Å². The minimum absolute atomic E-state index is 0.0659. The summed E-state index contributed by atoms with van der Waals surface area (Å²) in [5.41, 5.74) is 2.08. The van der Waals surface area contributed by atoms with Crippen LogP contribution in [0.15, 0.2) is 0 Å². The van der Waals surface area contributed by atoms with Crippen LogP contribution in [0.25, 0.3) is 0 Å². The summed E-state index contributed by atoms with van der Waals surface area (Å²) in [4.78, 5) is 39.1. The predicted octanol–water partition coefficient (Wildman–Crippen LogP) is 3.57. The van der Waals surface area contributed by atoms with Gasteiger partial charge in [0.05, 0.1) is 6.04 Å². The minimum atomic E-state index is -0.0659. The number of aryl methyl sites for hydroxylation is 1. The second-order valence-electron chi connectivity index (χ2n) is 9.11. The standard InChI is InChI=1S/C22H32N4O2/c1-14(2)12-20(28)25-11-5-4-6-18(25)21-23-15(3)17-9-10-19(27)26(22(17)24-21)13-16-7-8-16/h14,16,18H,4-13H2,1-3H3/t18-/m1/s1. The number of rotatable bonds is 5. The molecule has 0 bridgehead atoms. The molecule has 3 heterocycles. The van der Waals surface area contributed by atoms with Crippen molar-refractivity contribution in [3.8, 4) is 0 Å². The summed E-state index contributed by atoms with van der Waals surface area (Å²) in [6.45, 7) is 7.75. The van der Waals surface area contributed by atoms with Gasteiger partial charge in [0.15, 0.2) is 5.82 Å². The fourth-order valence-corrected chi connectivity index (χ4v) is 4.46. The van der Waals surface area contributed by atoms with Crippen LogP contribution in [0.3, 0.4) is 0 Å². The maximum atomic E-state index is 12.8. The van der Waals surface area contributed by atoms with E-state index in [4.69, 9.17) is 9.97 Å². The molecule has 152 valence electrons. The maximum absolute atomic E-state index is 12.8. The molecule has 1 aromatic heterocycles. The molecule has 1 saturated heterocycles. The second kappa shape index (κ2) is 7.80. The Morgan fingerprint density at radius 3 is 2.64 bits per heavy atom. The second-order valence-corrected chi connectivity index (χ2v) is 9.11. The Kier molecular flexibility index (Phi) is 5.39. The van der Waals surface area contributed by atoms with E-state index in [1.807, 2.05) is 16.7 Å². The number of carbonyl (C=O) groups excluding carboxylic acids is 2. The topological polar surface area (TPSA) is 66.4 Å². The van der Waals surface area contributed by atoms with Gasteiger partial charge in [0, 0.05) is 37.2 Å². The van der Waals surface area contributed by atoms with Crippen LogP contribution in [-0.2, 0) is 16.0 Å². The van der Waals surface area contributed by atoms with Crippen molar-refractivity contribution in [2.75, 3.05) is 18.0 Å². The summed E-state index contributed by atoms with van der Waals surface area (Å²) in [5.74, 6) is 2.88. The molecule has 0 radical (unpaired) electrons. The molecular formula is C22H32N4O2. The number of piperidine rings is 1. The molecule has 6 heteroatoms. The molecule has 0 aromatic carbocycles. The normalized spacial score (nSPS) is 22.6. The van der Waals surface area contributed by atoms with Crippen molar-refractivity contribution in [2.24, 2.45) is 11.8 Å². The highest BCUT2D eigenvalue weighted by molar-refractivity contribution is 5.95. The number of likely N-dealkylation sites (tertiary alicyclic amines) is 1. The lowest BCUT2D eigenvalue weighted by molar-refractivity contribution is -0.136. The van der Waals surface area contributed by atoms with E-state index >= 15 is 0 Å². The largest absolute Gasteiger partial charge is 0.332 e. The minimum Gasteiger partial charge on any atom is -0.332 e. The van der Waals surface area contributed by atoms with Gasteiger partial charge in [0.25, 0.3) is 0 Å². The molecule has 0 spiro atoms. The van der Waals surface area contributed by atoms with E-state index in [2.05, 4.69) is 13.8 Å². The van der Waals surface area contributed by atoms with E-state index in [1.54, 1.807) is 0 Å². The van der Waals surface area contributed by atoms with Crippen LogP contribution in [0.1, 0.15) is 81.9 Å². The first kappa shape index (κ1) is 19.3. The summed E-state index contributed by atoms with van der Waals surface area (Å²) in [6.07, 6.45) is 7.27. The van der Waals surface area contributed by atoms with Gasteiger partial charge in [-0.1, -0.05) is 13.8 Å².